The molecule has 2 saturated carbocycles. The third-order valence-electron chi connectivity index (χ3n) is 10.0. The summed E-state index contributed by atoms with van der Waals surface area (Å²) in [6.07, 6.45) is 26.6. The van der Waals surface area contributed by atoms with E-state index < -0.39 is 0 Å². The lowest BCUT2D eigenvalue weighted by Gasteiger charge is -2.22. The number of carbonyl (C=O) groups excluding carboxylic acids is 2. The summed E-state index contributed by atoms with van der Waals surface area (Å²) >= 11 is 5.87. The fraction of sp³-hybridized carbons (Fsp3) is 0.500. The molecule has 3 fully saturated rings. The van der Waals surface area contributed by atoms with Crippen LogP contribution < -0.4 is 0 Å². The van der Waals surface area contributed by atoms with Gasteiger partial charge in [-0.05, 0) is 63.2 Å². The zero-order valence-electron chi connectivity index (χ0n) is 30.6. The Balaban J connectivity index is 0.000000135. The summed E-state index contributed by atoms with van der Waals surface area (Å²) in [5.41, 5.74) is 4.72. The van der Waals surface area contributed by atoms with Crippen LogP contribution in [0.15, 0.2) is 72.7 Å². The van der Waals surface area contributed by atoms with Crippen LogP contribution in [0.25, 0.3) is 22.1 Å². The largest absolute Gasteiger partial charge is 0.381 e. The van der Waals surface area contributed by atoms with Crippen LogP contribution in [0.4, 0.5) is 0 Å². The highest BCUT2D eigenvalue weighted by Gasteiger charge is 2.43. The minimum atomic E-state index is -0.176. The number of aryl methyl sites for hydroxylation is 2. The first-order valence-corrected chi connectivity index (χ1v) is 19.0. The Bertz CT molecular complexity index is 2000. The van der Waals surface area contributed by atoms with Crippen molar-refractivity contribution in [3.63, 3.8) is 0 Å². The number of Topliss-reactive ketones (excluding diaryl/α,β-unsaturated/α-hetero) is 2. The molecule has 11 nitrogen and oxygen atoms in total. The average molecular weight is 725 g/mol. The van der Waals surface area contributed by atoms with Gasteiger partial charge in [-0.2, -0.15) is 10.2 Å². The fourth-order valence-corrected chi connectivity index (χ4v) is 7.70. The van der Waals surface area contributed by atoms with Gasteiger partial charge in [0, 0.05) is 58.0 Å². The molecule has 0 aromatic carbocycles. The summed E-state index contributed by atoms with van der Waals surface area (Å²) in [5.74, 6) is 2.07. The van der Waals surface area contributed by atoms with E-state index in [-0.39, 0.29) is 17.6 Å². The van der Waals surface area contributed by atoms with Gasteiger partial charge < -0.3 is 4.74 Å². The van der Waals surface area contributed by atoms with Gasteiger partial charge in [0.2, 0.25) is 0 Å². The van der Waals surface area contributed by atoms with Crippen LogP contribution in [0.1, 0.15) is 84.3 Å². The van der Waals surface area contributed by atoms with E-state index in [1.54, 1.807) is 0 Å². The van der Waals surface area contributed by atoms with Gasteiger partial charge in [0.25, 0.3) is 0 Å². The van der Waals surface area contributed by atoms with Gasteiger partial charge in [-0.25, -0.2) is 19.9 Å². The molecule has 12 heteroatoms. The number of nitrogens with zero attached hydrogens (tertiary/aromatic N) is 8. The monoisotopic (exact) mass is 724 g/mol. The zero-order valence-corrected chi connectivity index (χ0v) is 31.4. The number of fused-ring (bicyclic) bond motifs is 4. The topological polar surface area (TPSA) is 131 Å². The van der Waals surface area contributed by atoms with Crippen molar-refractivity contribution in [1.29, 1.82) is 0 Å². The Kier molecular flexibility index (Phi) is 12.5. The second kappa shape index (κ2) is 17.4. The van der Waals surface area contributed by atoms with Crippen molar-refractivity contribution in [1.82, 2.24) is 39.5 Å². The van der Waals surface area contributed by atoms with Gasteiger partial charge >= 0.3 is 0 Å². The van der Waals surface area contributed by atoms with Crippen molar-refractivity contribution in [2.75, 3.05) is 13.2 Å². The molecule has 1 saturated heterocycles. The summed E-state index contributed by atoms with van der Waals surface area (Å²) in [5, 5.41) is 10.9. The van der Waals surface area contributed by atoms with E-state index in [2.05, 4.69) is 94.3 Å². The lowest BCUT2D eigenvalue weighted by molar-refractivity contribution is -0.119. The molecule has 5 unspecified atom stereocenters. The molecule has 4 aromatic heterocycles. The summed E-state index contributed by atoms with van der Waals surface area (Å²) in [6, 6.07) is 0. The fourth-order valence-electron chi connectivity index (χ4n) is 7.52. The number of hydrogen-bond acceptors (Lipinski definition) is 9. The number of ketones is 2. The molecule has 0 radical (unpaired) electrons. The van der Waals surface area contributed by atoms with E-state index in [9.17, 15) is 9.59 Å². The lowest BCUT2D eigenvalue weighted by Crippen LogP contribution is -2.17. The van der Waals surface area contributed by atoms with Crippen LogP contribution in [0, 0.1) is 23.7 Å². The van der Waals surface area contributed by atoms with Crippen molar-refractivity contribution in [2.45, 2.75) is 91.6 Å². The molecule has 5 aliphatic rings. The summed E-state index contributed by atoms with van der Waals surface area (Å²) in [4.78, 5) is 40.4. The molecule has 52 heavy (non-hydrogen) atoms. The van der Waals surface area contributed by atoms with Crippen LogP contribution >= 0.6 is 11.6 Å². The van der Waals surface area contributed by atoms with Gasteiger partial charge in [0.15, 0.2) is 11.3 Å². The maximum Gasteiger partial charge on any atom is 0.185 e. The Labute approximate surface area is 310 Å². The highest BCUT2D eigenvalue weighted by atomic mass is 35.5. The van der Waals surface area contributed by atoms with Crippen molar-refractivity contribution < 1.29 is 14.3 Å². The Hall–Kier alpha value is -4.35. The first-order chi connectivity index (χ1) is 25.2. The van der Waals surface area contributed by atoms with Crippen LogP contribution in [0.5, 0.6) is 0 Å². The van der Waals surface area contributed by atoms with E-state index >= 15 is 0 Å². The molecule has 1 aliphatic heterocycles. The maximum atomic E-state index is 12.7. The quantitative estimate of drug-likeness (QED) is 0.189. The number of aromatic nitrogens is 8. The van der Waals surface area contributed by atoms with Gasteiger partial charge in [-0.15, -0.1) is 0 Å². The maximum absolute atomic E-state index is 12.7. The zero-order chi connectivity index (χ0) is 36.6. The molecule has 0 amide bonds. The predicted octanol–water partition coefficient (Wildman–Crippen LogP) is 7.83. The Morgan fingerprint density at radius 2 is 1.35 bits per heavy atom. The summed E-state index contributed by atoms with van der Waals surface area (Å²) in [6.45, 7) is 12.1. The second-order valence-electron chi connectivity index (χ2n) is 14.2. The number of ether oxygens (including phenoxy) is 1. The molecule has 0 bridgehead atoms. The van der Waals surface area contributed by atoms with Crippen LogP contribution in [0.3, 0.4) is 0 Å². The van der Waals surface area contributed by atoms with Gasteiger partial charge in [-0.1, -0.05) is 73.1 Å². The standard InChI is InChI=1S/C18H20N4O.C10H12O.C8H9ClN4.C4H8O/c1-3-6-22-9-14-17(19-10-20-18(14)21-22)16-13-7-11(2)4-5-12(13)8-15(16)23;1-7-2-3-8-5-10(11)6-9(8)4-7;1-2-3-13-4-6-7(9)10-5-11-8(6)12-13;1-2-4-5-3-1/h4-5,7,9-10,12-13,16H,3,6,8H2,1-2H3;2-4,8-9H,5-6H2,1H3;4-5H,2-3H2,1H3;1-4H2. The van der Waals surface area contributed by atoms with Gasteiger partial charge in [0.1, 0.15) is 29.4 Å². The van der Waals surface area contributed by atoms with Crippen LogP contribution in [-0.4, -0.2) is 64.3 Å². The average Bonchev–Trinajstić information content (AvgIpc) is 3.96. The SMILES string of the molecule is C1CCOC1.CC1=CC2CC(=O)CC2C=C1.CCCn1cc2c(C3C(=O)CC4C=CC(C)=CC43)ncnc2n1.CCCn1cc2c(Cl)ncnc2n1. The molecular formula is C40H49ClN8O3. The van der Waals surface area contributed by atoms with Crippen molar-refractivity contribution in [3.05, 3.63) is 83.5 Å². The van der Waals surface area contributed by atoms with E-state index in [1.807, 2.05) is 21.8 Å². The molecule has 9 rings (SSSR count). The van der Waals surface area contributed by atoms with E-state index in [4.69, 9.17) is 16.3 Å². The number of halogens is 1. The van der Waals surface area contributed by atoms with Gasteiger partial charge in [-0.3, -0.25) is 19.0 Å². The summed E-state index contributed by atoms with van der Waals surface area (Å²) < 4.78 is 8.69. The second-order valence-corrected chi connectivity index (χ2v) is 14.6. The molecule has 274 valence electrons. The number of hydrogen-bond donors (Lipinski definition) is 0. The number of rotatable bonds is 5. The first-order valence-electron chi connectivity index (χ1n) is 18.6. The molecule has 4 aromatic rings. The van der Waals surface area contributed by atoms with Crippen LogP contribution in [-0.2, 0) is 27.4 Å². The normalized spacial score (nSPS) is 24.3. The Morgan fingerprint density at radius 3 is 1.98 bits per heavy atom. The van der Waals surface area contributed by atoms with Crippen LogP contribution in [0.2, 0.25) is 5.15 Å². The van der Waals surface area contributed by atoms with Crippen molar-refractivity contribution in [2.24, 2.45) is 23.7 Å². The molecule has 0 spiro atoms. The lowest BCUT2D eigenvalue weighted by atomic mass is 9.82. The molecule has 4 aliphatic carbocycles. The minimum Gasteiger partial charge on any atom is -0.381 e. The molecule has 0 N–H and O–H groups in total. The van der Waals surface area contributed by atoms with E-state index in [0.717, 1.165) is 68.5 Å². The highest BCUT2D eigenvalue weighted by molar-refractivity contribution is 6.33. The minimum absolute atomic E-state index is 0.176. The molecule has 5 atom stereocenters. The Morgan fingerprint density at radius 1 is 0.750 bits per heavy atom. The van der Waals surface area contributed by atoms with Gasteiger partial charge in [0.05, 0.1) is 22.4 Å². The van der Waals surface area contributed by atoms with E-state index in [1.165, 1.54) is 36.6 Å². The number of allylic oxidation sites excluding steroid dienone is 8. The third kappa shape index (κ3) is 8.98. The smallest absolute Gasteiger partial charge is 0.185 e. The molecular weight excluding hydrogens is 676 g/mol. The predicted molar refractivity (Wildman–Crippen MR) is 203 cm³/mol. The highest BCUT2D eigenvalue weighted by Crippen LogP contribution is 2.45. The van der Waals surface area contributed by atoms with Crippen molar-refractivity contribution in [3.8, 4) is 0 Å². The summed E-state index contributed by atoms with van der Waals surface area (Å²) in [7, 11) is 0. The van der Waals surface area contributed by atoms with Crippen molar-refractivity contribution >= 4 is 45.2 Å². The number of carbonyl (C=O) groups is 2. The molecule has 5 heterocycles. The first kappa shape index (κ1) is 37.4. The van der Waals surface area contributed by atoms with E-state index in [0.29, 0.717) is 46.4 Å². The third-order valence-corrected chi connectivity index (χ3v) is 10.3.